The highest BCUT2D eigenvalue weighted by atomic mass is 16.3. The number of aromatic hydroxyl groups is 1. The van der Waals surface area contributed by atoms with E-state index in [0.29, 0.717) is 5.75 Å². The van der Waals surface area contributed by atoms with Crippen LogP contribution in [0.15, 0.2) is 54.6 Å². The van der Waals surface area contributed by atoms with Crippen LogP contribution in [-0.4, -0.2) is 55.2 Å². The summed E-state index contributed by atoms with van der Waals surface area (Å²) in [6.07, 6.45) is 0. The number of para-hydroxylation sites is 3. The molecule has 1 amide bonds. The number of phenolic OH excluding ortho intramolecular Hbond substituents is 1. The van der Waals surface area contributed by atoms with Gasteiger partial charge in [-0.25, -0.2) is 0 Å². The number of piperazine rings is 1. The fourth-order valence-corrected chi connectivity index (χ4v) is 3.30. The van der Waals surface area contributed by atoms with Crippen LogP contribution in [0.3, 0.4) is 0 Å². The van der Waals surface area contributed by atoms with Crippen molar-refractivity contribution in [2.24, 2.45) is 0 Å². The van der Waals surface area contributed by atoms with Crippen LogP contribution in [0.4, 0.5) is 11.4 Å². The Hall–Kier alpha value is -2.53. The van der Waals surface area contributed by atoms with Gasteiger partial charge in [-0.3, -0.25) is 9.69 Å². The van der Waals surface area contributed by atoms with Crippen molar-refractivity contribution < 1.29 is 9.90 Å². The zero-order valence-electron chi connectivity index (χ0n) is 14.8. The molecule has 0 spiro atoms. The number of amides is 1. The van der Waals surface area contributed by atoms with E-state index >= 15 is 0 Å². The molecule has 5 heteroatoms. The van der Waals surface area contributed by atoms with Gasteiger partial charge >= 0.3 is 0 Å². The van der Waals surface area contributed by atoms with Crippen molar-refractivity contribution in [2.45, 2.75) is 13.0 Å². The Morgan fingerprint density at radius 3 is 2.24 bits per heavy atom. The molecule has 1 N–H and O–H groups in total. The Kier molecular flexibility index (Phi) is 5.24. The van der Waals surface area contributed by atoms with E-state index < -0.39 is 0 Å². The van der Waals surface area contributed by atoms with E-state index in [1.807, 2.05) is 62.5 Å². The first-order chi connectivity index (χ1) is 12.1. The minimum absolute atomic E-state index is 0.0993. The molecule has 1 atom stereocenters. The molecule has 25 heavy (non-hydrogen) atoms. The quantitative estimate of drug-likeness (QED) is 0.930. The average Bonchev–Trinajstić information content (AvgIpc) is 2.67. The van der Waals surface area contributed by atoms with Crippen molar-refractivity contribution in [3.8, 4) is 5.75 Å². The second kappa shape index (κ2) is 7.57. The van der Waals surface area contributed by atoms with Crippen LogP contribution in [0.5, 0.6) is 5.75 Å². The molecular formula is C20H25N3O2. The molecule has 1 saturated heterocycles. The summed E-state index contributed by atoms with van der Waals surface area (Å²) < 4.78 is 0. The molecule has 1 aliphatic heterocycles. The fraction of sp³-hybridized carbons (Fsp3) is 0.350. The molecule has 3 rings (SSSR count). The molecule has 0 aromatic heterocycles. The molecular weight excluding hydrogens is 314 g/mol. The topological polar surface area (TPSA) is 47.0 Å². The monoisotopic (exact) mass is 339 g/mol. The van der Waals surface area contributed by atoms with Crippen LogP contribution in [0.25, 0.3) is 0 Å². The molecule has 0 aliphatic carbocycles. The van der Waals surface area contributed by atoms with E-state index in [2.05, 4.69) is 9.80 Å². The highest BCUT2D eigenvalue weighted by molar-refractivity contribution is 5.96. The van der Waals surface area contributed by atoms with Gasteiger partial charge in [-0.2, -0.15) is 0 Å². The summed E-state index contributed by atoms with van der Waals surface area (Å²) in [5.74, 6) is 0.408. The van der Waals surface area contributed by atoms with Crippen LogP contribution < -0.4 is 9.80 Å². The Bertz CT molecular complexity index is 712. The number of carbonyl (C=O) groups excluding carboxylic acids is 1. The van der Waals surface area contributed by atoms with Gasteiger partial charge in [-0.1, -0.05) is 30.3 Å². The first kappa shape index (κ1) is 17.3. The number of benzene rings is 2. The van der Waals surface area contributed by atoms with Gasteiger partial charge in [0.1, 0.15) is 5.75 Å². The number of hydrogen-bond acceptors (Lipinski definition) is 4. The smallest absolute Gasteiger partial charge is 0.243 e. The van der Waals surface area contributed by atoms with Gasteiger partial charge in [0.15, 0.2) is 0 Å². The number of likely N-dealkylation sites (N-methyl/N-ethyl adjacent to an activating group) is 1. The number of anilines is 2. The minimum Gasteiger partial charge on any atom is -0.506 e. The summed E-state index contributed by atoms with van der Waals surface area (Å²) in [5, 5.41) is 10.0. The van der Waals surface area contributed by atoms with Crippen molar-refractivity contribution in [2.75, 3.05) is 43.0 Å². The third-order valence-electron chi connectivity index (χ3n) is 4.92. The fourth-order valence-electron chi connectivity index (χ4n) is 3.30. The summed E-state index contributed by atoms with van der Waals surface area (Å²) in [5.41, 5.74) is 1.77. The SMILES string of the molecule is C[C@H](C(=O)N(C)c1ccccc1)N1CCN(c2ccccc2O)CC1. The van der Waals surface area contributed by atoms with E-state index in [9.17, 15) is 9.90 Å². The van der Waals surface area contributed by atoms with E-state index in [0.717, 1.165) is 37.6 Å². The predicted octanol–water partition coefficient (Wildman–Crippen LogP) is 2.57. The highest BCUT2D eigenvalue weighted by Gasteiger charge is 2.28. The van der Waals surface area contributed by atoms with Crippen LogP contribution in [0.1, 0.15) is 6.92 Å². The third kappa shape index (κ3) is 3.77. The summed E-state index contributed by atoms with van der Waals surface area (Å²) in [6, 6.07) is 17.0. The van der Waals surface area contributed by atoms with E-state index in [1.54, 1.807) is 11.0 Å². The normalized spacial score (nSPS) is 16.5. The maximum absolute atomic E-state index is 12.8. The first-order valence-electron chi connectivity index (χ1n) is 8.67. The van der Waals surface area contributed by atoms with Gasteiger partial charge in [0.2, 0.25) is 5.91 Å². The molecule has 0 unspecified atom stereocenters. The van der Waals surface area contributed by atoms with Crippen molar-refractivity contribution in [3.05, 3.63) is 54.6 Å². The Morgan fingerprint density at radius 2 is 1.60 bits per heavy atom. The highest BCUT2D eigenvalue weighted by Crippen LogP contribution is 2.27. The third-order valence-corrected chi connectivity index (χ3v) is 4.92. The zero-order chi connectivity index (χ0) is 17.8. The molecule has 0 radical (unpaired) electrons. The van der Waals surface area contributed by atoms with Crippen LogP contribution >= 0.6 is 0 Å². The molecule has 5 nitrogen and oxygen atoms in total. The summed E-state index contributed by atoms with van der Waals surface area (Å²) in [7, 11) is 1.83. The van der Waals surface area contributed by atoms with Crippen LogP contribution in [-0.2, 0) is 4.79 Å². The lowest BCUT2D eigenvalue weighted by Gasteiger charge is -2.39. The van der Waals surface area contributed by atoms with Crippen molar-refractivity contribution in [1.82, 2.24) is 4.90 Å². The lowest BCUT2D eigenvalue weighted by atomic mass is 10.1. The van der Waals surface area contributed by atoms with Crippen molar-refractivity contribution >= 4 is 17.3 Å². The molecule has 0 saturated carbocycles. The first-order valence-corrected chi connectivity index (χ1v) is 8.67. The lowest BCUT2D eigenvalue weighted by molar-refractivity contribution is -0.123. The largest absolute Gasteiger partial charge is 0.506 e. The van der Waals surface area contributed by atoms with Gasteiger partial charge < -0.3 is 14.9 Å². The van der Waals surface area contributed by atoms with Gasteiger partial charge in [-0.05, 0) is 31.2 Å². The molecule has 1 fully saturated rings. The zero-order valence-corrected chi connectivity index (χ0v) is 14.8. The number of carbonyl (C=O) groups is 1. The number of hydrogen-bond donors (Lipinski definition) is 1. The Balaban J connectivity index is 1.61. The molecule has 2 aromatic carbocycles. The second-order valence-corrected chi connectivity index (χ2v) is 6.42. The molecule has 1 heterocycles. The van der Waals surface area contributed by atoms with E-state index in [4.69, 9.17) is 0 Å². The molecule has 0 bridgehead atoms. The second-order valence-electron chi connectivity index (χ2n) is 6.42. The number of rotatable bonds is 4. The van der Waals surface area contributed by atoms with Crippen LogP contribution in [0.2, 0.25) is 0 Å². The summed E-state index contributed by atoms with van der Waals surface area (Å²) in [6.45, 7) is 5.15. The average molecular weight is 339 g/mol. The van der Waals surface area contributed by atoms with Gasteiger partial charge in [-0.15, -0.1) is 0 Å². The standard InChI is InChI=1S/C20H25N3O2/c1-16(20(25)21(2)17-8-4-3-5-9-17)22-12-14-23(15-13-22)18-10-6-7-11-19(18)24/h3-11,16,24H,12-15H2,1-2H3/t16-/m1/s1. The molecule has 1 aliphatic rings. The summed E-state index contributed by atoms with van der Waals surface area (Å²) in [4.78, 5) is 18.9. The van der Waals surface area contributed by atoms with Crippen molar-refractivity contribution in [3.63, 3.8) is 0 Å². The Morgan fingerprint density at radius 1 is 1.00 bits per heavy atom. The van der Waals surface area contributed by atoms with E-state index in [1.165, 1.54) is 0 Å². The minimum atomic E-state index is -0.170. The van der Waals surface area contributed by atoms with Gasteiger partial charge in [0.05, 0.1) is 11.7 Å². The molecule has 132 valence electrons. The Labute approximate surface area is 149 Å². The summed E-state index contributed by atoms with van der Waals surface area (Å²) >= 11 is 0. The van der Waals surface area contributed by atoms with Crippen molar-refractivity contribution in [1.29, 1.82) is 0 Å². The molecule has 2 aromatic rings. The lowest BCUT2D eigenvalue weighted by Crippen LogP contribution is -2.54. The number of phenols is 1. The van der Waals surface area contributed by atoms with Crippen LogP contribution in [0, 0.1) is 0 Å². The maximum Gasteiger partial charge on any atom is 0.243 e. The van der Waals surface area contributed by atoms with E-state index in [-0.39, 0.29) is 11.9 Å². The number of nitrogens with zero attached hydrogens (tertiary/aromatic N) is 3. The van der Waals surface area contributed by atoms with Gasteiger partial charge in [0, 0.05) is 38.9 Å². The predicted molar refractivity (Wildman–Crippen MR) is 101 cm³/mol. The maximum atomic E-state index is 12.8. The van der Waals surface area contributed by atoms with Gasteiger partial charge in [0.25, 0.3) is 0 Å².